The lowest BCUT2D eigenvalue weighted by molar-refractivity contribution is 0.513. The highest BCUT2D eigenvalue weighted by Crippen LogP contribution is 2.25. The topological polar surface area (TPSA) is 12.0 Å². The van der Waals surface area contributed by atoms with Gasteiger partial charge in [0.05, 0.1) is 0 Å². The average Bonchev–Trinajstić information content (AvgIpc) is 2.35. The summed E-state index contributed by atoms with van der Waals surface area (Å²) in [5.74, 6) is 1.00. The van der Waals surface area contributed by atoms with Crippen LogP contribution < -0.4 is 5.32 Å². The summed E-state index contributed by atoms with van der Waals surface area (Å²) in [6.07, 6.45) is 2.40. The molecule has 1 N–H and O–H groups in total. The maximum Gasteiger partial charge on any atom is 0.0446 e. The summed E-state index contributed by atoms with van der Waals surface area (Å²) in [6, 6.07) is 8.71. The van der Waals surface area contributed by atoms with Crippen molar-refractivity contribution >= 4 is 23.4 Å². The molecular weight excluding hydrogens is 262 g/mol. The van der Waals surface area contributed by atoms with Crippen LogP contribution in [0.4, 0.5) is 0 Å². The van der Waals surface area contributed by atoms with E-state index < -0.39 is 0 Å². The van der Waals surface area contributed by atoms with Crippen molar-refractivity contribution in [2.45, 2.75) is 50.7 Å². The van der Waals surface area contributed by atoms with E-state index in [0.29, 0.717) is 11.3 Å². The van der Waals surface area contributed by atoms with E-state index in [1.165, 1.54) is 18.4 Å². The fourth-order valence-electron chi connectivity index (χ4n) is 1.89. The predicted octanol–water partition coefficient (Wildman–Crippen LogP) is 4.74. The fraction of sp³-hybridized carbons (Fsp3) is 0.600. The fourth-order valence-corrected chi connectivity index (χ4v) is 3.31. The third-order valence-electron chi connectivity index (χ3n) is 2.91. The molecule has 1 rings (SSSR count). The van der Waals surface area contributed by atoms with Crippen LogP contribution in [0.2, 0.25) is 5.02 Å². The third-order valence-corrected chi connectivity index (χ3v) is 4.52. The Bertz CT molecular complexity index is 343. The van der Waals surface area contributed by atoms with E-state index in [1.54, 1.807) is 0 Å². The first kappa shape index (κ1) is 15.9. The van der Waals surface area contributed by atoms with Crippen molar-refractivity contribution in [1.29, 1.82) is 0 Å². The largest absolute Gasteiger partial charge is 0.314 e. The molecule has 0 aromatic heterocycles. The molecule has 3 heteroatoms. The van der Waals surface area contributed by atoms with Gasteiger partial charge in [0.15, 0.2) is 0 Å². The Morgan fingerprint density at radius 3 is 2.67 bits per heavy atom. The monoisotopic (exact) mass is 285 g/mol. The smallest absolute Gasteiger partial charge is 0.0446 e. The molecule has 2 atom stereocenters. The van der Waals surface area contributed by atoms with Crippen molar-refractivity contribution in [3.63, 3.8) is 0 Å². The summed E-state index contributed by atoms with van der Waals surface area (Å²) in [6.45, 7) is 7.88. The van der Waals surface area contributed by atoms with Gasteiger partial charge in [-0.15, -0.1) is 0 Å². The van der Waals surface area contributed by atoms with E-state index in [9.17, 15) is 0 Å². The molecule has 1 nitrogen and oxygen atoms in total. The van der Waals surface area contributed by atoms with Crippen LogP contribution in [0.25, 0.3) is 0 Å². The van der Waals surface area contributed by atoms with Gasteiger partial charge in [-0.1, -0.05) is 43.6 Å². The minimum absolute atomic E-state index is 0.596. The lowest BCUT2D eigenvalue weighted by Gasteiger charge is -2.18. The first-order valence-electron chi connectivity index (χ1n) is 6.71. The van der Waals surface area contributed by atoms with E-state index in [1.807, 2.05) is 23.9 Å². The second-order valence-electron chi connectivity index (χ2n) is 4.80. The minimum atomic E-state index is 0.596. The van der Waals surface area contributed by atoms with Crippen LogP contribution in [-0.2, 0) is 5.75 Å². The highest BCUT2D eigenvalue weighted by Gasteiger charge is 2.09. The van der Waals surface area contributed by atoms with Gasteiger partial charge in [-0.25, -0.2) is 0 Å². The lowest BCUT2D eigenvalue weighted by atomic mass is 10.2. The van der Waals surface area contributed by atoms with Gasteiger partial charge in [-0.2, -0.15) is 11.8 Å². The quantitative estimate of drug-likeness (QED) is 0.740. The second-order valence-corrected chi connectivity index (χ2v) is 6.64. The average molecular weight is 286 g/mol. The van der Waals surface area contributed by atoms with Crippen LogP contribution in [0.15, 0.2) is 24.3 Å². The van der Waals surface area contributed by atoms with Crippen molar-refractivity contribution in [2.24, 2.45) is 0 Å². The Morgan fingerprint density at radius 1 is 1.28 bits per heavy atom. The summed E-state index contributed by atoms with van der Waals surface area (Å²) >= 11 is 8.14. The zero-order valence-corrected chi connectivity index (χ0v) is 13.2. The molecule has 0 fully saturated rings. The zero-order chi connectivity index (χ0) is 13.4. The van der Waals surface area contributed by atoms with Crippen LogP contribution >= 0.6 is 23.4 Å². The maximum absolute atomic E-state index is 6.16. The van der Waals surface area contributed by atoms with E-state index in [4.69, 9.17) is 11.6 Å². The van der Waals surface area contributed by atoms with Gasteiger partial charge in [-0.3, -0.25) is 0 Å². The van der Waals surface area contributed by atoms with E-state index >= 15 is 0 Å². The zero-order valence-electron chi connectivity index (χ0n) is 11.6. The lowest BCUT2D eigenvalue weighted by Crippen LogP contribution is -2.29. The standard InChI is InChI=1S/C15H24ClNS/c1-4-9-17-12(2)10-13(3)18-11-14-7-5-6-8-15(14)16/h5-8,12-13,17H,4,9-11H2,1-3H3. The van der Waals surface area contributed by atoms with Crippen LogP contribution in [-0.4, -0.2) is 17.8 Å². The Hall–Kier alpha value is -0.180. The van der Waals surface area contributed by atoms with Gasteiger partial charge < -0.3 is 5.32 Å². The molecular formula is C15H24ClNS. The van der Waals surface area contributed by atoms with Gasteiger partial charge in [0, 0.05) is 22.1 Å². The molecule has 2 unspecified atom stereocenters. The highest BCUT2D eigenvalue weighted by atomic mass is 35.5. The molecule has 0 radical (unpaired) electrons. The molecule has 0 bridgehead atoms. The first-order valence-corrected chi connectivity index (χ1v) is 8.14. The first-order chi connectivity index (χ1) is 8.63. The van der Waals surface area contributed by atoms with Crippen LogP contribution in [0.5, 0.6) is 0 Å². The van der Waals surface area contributed by atoms with Gasteiger partial charge >= 0.3 is 0 Å². The third kappa shape index (κ3) is 6.12. The molecule has 0 aliphatic rings. The minimum Gasteiger partial charge on any atom is -0.314 e. The van der Waals surface area contributed by atoms with Crippen LogP contribution in [0, 0.1) is 0 Å². The molecule has 0 amide bonds. The number of halogens is 1. The molecule has 0 spiro atoms. The Kier molecular flexibility index (Phi) is 7.80. The molecule has 1 aromatic carbocycles. The van der Waals surface area contributed by atoms with Gasteiger partial charge in [0.25, 0.3) is 0 Å². The number of thioether (sulfide) groups is 1. The van der Waals surface area contributed by atoms with E-state index in [2.05, 4.69) is 38.2 Å². The molecule has 18 heavy (non-hydrogen) atoms. The molecule has 1 aromatic rings. The van der Waals surface area contributed by atoms with Crippen molar-refractivity contribution in [2.75, 3.05) is 6.54 Å². The van der Waals surface area contributed by atoms with E-state index in [-0.39, 0.29) is 0 Å². The van der Waals surface area contributed by atoms with Crippen molar-refractivity contribution < 1.29 is 0 Å². The van der Waals surface area contributed by atoms with Crippen molar-refractivity contribution in [1.82, 2.24) is 5.32 Å². The number of benzene rings is 1. The highest BCUT2D eigenvalue weighted by molar-refractivity contribution is 7.99. The molecule has 0 saturated carbocycles. The SMILES string of the molecule is CCCNC(C)CC(C)SCc1ccccc1Cl. The molecule has 0 saturated heterocycles. The number of hydrogen-bond donors (Lipinski definition) is 1. The van der Waals surface area contributed by atoms with Crippen LogP contribution in [0.3, 0.4) is 0 Å². The van der Waals surface area contributed by atoms with Crippen molar-refractivity contribution in [3.8, 4) is 0 Å². The van der Waals surface area contributed by atoms with Crippen molar-refractivity contribution in [3.05, 3.63) is 34.9 Å². The Morgan fingerprint density at radius 2 is 2.00 bits per heavy atom. The number of rotatable bonds is 8. The molecule has 0 aliphatic carbocycles. The summed E-state index contributed by atoms with van der Waals surface area (Å²) in [5.41, 5.74) is 1.24. The van der Waals surface area contributed by atoms with E-state index in [0.717, 1.165) is 17.3 Å². The Balaban J connectivity index is 2.28. The number of hydrogen-bond acceptors (Lipinski definition) is 2. The number of nitrogens with one attached hydrogen (secondary N) is 1. The normalized spacial score (nSPS) is 14.4. The maximum atomic E-state index is 6.16. The second kappa shape index (κ2) is 8.84. The predicted molar refractivity (Wildman–Crippen MR) is 84.6 cm³/mol. The molecule has 0 heterocycles. The van der Waals surface area contributed by atoms with Gasteiger partial charge in [-0.05, 0) is 37.9 Å². The van der Waals surface area contributed by atoms with Gasteiger partial charge in [0.1, 0.15) is 0 Å². The Labute approximate surface area is 121 Å². The summed E-state index contributed by atoms with van der Waals surface area (Å²) in [5, 5.41) is 5.07. The summed E-state index contributed by atoms with van der Waals surface area (Å²) < 4.78 is 0. The molecule has 102 valence electrons. The summed E-state index contributed by atoms with van der Waals surface area (Å²) in [7, 11) is 0. The molecule has 0 aliphatic heterocycles. The summed E-state index contributed by atoms with van der Waals surface area (Å²) in [4.78, 5) is 0. The van der Waals surface area contributed by atoms with Gasteiger partial charge in [0.2, 0.25) is 0 Å². The van der Waals surface area contributed by atoms with Crippen LogP contribution in [0.1, 0.15) is 39.2 Å².